The van der Waals surface area contributed by atoms with Gasteiger partial charge in [-0.3, -0.25) is 4.79 Å². The SMILES string of the molecule is CCNCC(C)C(=O)N1CCCC(C)C1C. The molecule has 3 atom stereocenters. The molecule has 3 heteroatoms. The highest BCUT2D eigenvalue weighted by atomic mass is 16.2. The van der Waals surface area contributed by atoms with Gasteiger partial charge in [0.25, 0.3) is 0 Å². The largest absolute Gasteiger partial charge is 0.339 e. The van der Waals surface area contributed by atoms with Crippen molar-refractivity contribution >= 4 is 5.91 Å². The molecule has 1 fully saturated rings. The van der Waals surface area contributed by atoms with Gasteiger partial charge in [-0.1, -0.05) is 20.8 Å². The van der Waals surface area contributed by atoms with Gasteiger partial charge in [0, 0.05) is 25.0 Å². The number of carbonyl (C=O) groups excluding carboxylic acids is 1. The van der Waals surface area contributed by atoms with Crippen LogP contribution in [0, 0.1) is 11.8 Å². The van der Waals surface area contributed by atoms with Crippen LogP contribution < -0.4 is 5.32 Å². The predicted molar refractivity (Wildman–Crippen MR) is 67.3 cm³/mol. The molecular weight excluding hydrogens is 200 g/mol. The molecular formula is C13H26N2O. The summed E-state index contributed by atoms with van der Waals surface area (Å²) in [6.45, 7) is 11.2. The number of rotatable bonds is 4. The van der Waals surface area contributed by atoms with Crippen molar-refractivity contribution in [2.24, 2.45) is 11.8 Å². The molecule has 1 N–H and O–H groups in total. The molecule has 0 spiro atoms. The Hall–Kier alpha value is -0.570. The average Bonchev–Trinajstić information content (AvgIpc) is 2.28. The topological polar surface area (TPSA) is 32.3 Å². The van der Waals surface area contributed by atoms with Crippen molar-refractivity contribution in [2.45, 2.75) is 46.6 Å². The summed E-state index contributed by atoms with van der Waals surface area (Å²) in [5.41, 5.74) is 0. The fraction of sp³-hybridized carbons (Fsp3) is 0.923. The van der Waals surface area contributed by atoms with E-state index in [4.69, 9.17) is 0 Å². The van der Waals surface area contributed by atoms with Crippen LogP contribution in [0.5, 0.6) is 0 Å². The zero-order chi connectivity index (χ0) is 12.1. The van der Waals surface area contributed by atoms with Gasteiger partial charge in [0.15, 0.2) is 0 Å². The zero-order valence-corrected chi connectivity index (χ0v) is 11.1. The van der Waals surface area contributed by atoms with Crippen LogP contribution in [0.25, 0.3) is 0 Å². The van der Waals surface area contributed by atoms with Crippen LogP contribution in [0.15, 0.2) is 0 Å². The summed E-state index contributed by atoms with van der Waals surface area (Å²) in [4.78, 5) is 14.3. The molecule has 1 amide bonds. The Kier molecular flexibility index (Phi) is 5.26. The Balaban J connectivity index is 2.51. The number of carbonyl (C=O) groups is 1. The Bertz CT molecular complexity index is 230. The molecule has 3 nitrogen and oxygen atoms in total. The second kappa shape index (κ2) is 6.24. The molecule has 1 aliphatic heterocycles. The highest BCUT2D eigenvalue weighted by Crippen LogP contribution is 2.24. The van der Waals surface area contributed by atoms with Crippen molar-refractivity contribution in [1.82, 2.24) is 10.2 Å². The summed E-state index contributed by atoms with van der Waals surface area (Å²) in [7, 11) is 0. The molecule has 0 aromatic rings. The maximum atomic E-state index is 12.2. The second-order valence-corrected chi connectivity index (χ2v) is 5.10. The van der Waals surface area contributed by atoms with E-state index in [2.05, 4.69) is 31.0 Å². The van der Waals surface area contributed by atoms with Crippen molar-refractivity contribution in [1.29, 1.82) is 0 Å². The minimum atomic E-state index is 0.104. The lowest BCUT2D eigenvalue weighted by atomic mass is 9.91. The highest BCUT2D eigenvalue weighted by Gasteiger charge is 2.30. The van der Waals surface area contributed by atoms with Gasteiger partial charge in [-0.25, -0.2) is 0 Å². The highest BCUT2D eigenvalue weighted by molar-refractivity contribution is 5.79. The van der Waals surface area contributed by atoms with Crippen LogP contribution >= 0.6 is 0 Å². The molecule has 0 aromatic heterocycles. The normalized spacial score (nSPS) is 27.9. The van der Waals surface area contributed by atoms with Gasteiger partial charge in [-0.15, -0.1) is 0 Å². The van der Waals surface area contributed by atoms with E-state index >= 15 is 0 Å². The lowest BCUT2D eigenvalue weighted by Gasteiger charge is -2.39. The average molecular weight is 226 g/mol. The van der Waals surface area contributed by atoms with Crippen LogP contribution in [0.4, 0.5) is 0 Å². The predicted octanol–water partition coefficient (Wildman–Crippen LogP) is 1.88. The Morgan fingerprint density at radius 2 is 2.19 bits per heavy atom. The van der Waals surface area contributed by atoms with E-state index in [1.165, 1.54) is 6.42 Å². The summed E-state index contributed by atoms with van der Waals surface area (Å²) in [6, 6.07) is 0.408. The van der Waals surface area contributed by atoms with Crippen molar-refractivity contribution in [3.05, 3.63) is 0 Å². The van der Waals surface area contributed by atoms with Crippen molar-refractivity contribution in [3.8, 4) is 0 Å². The lowest BCUT2D eigenvalue weighted by Crippen LogP contribution is -2.49. The number of hydrogen-bond donors (Lipinski definition) is 1. The fourth-order valence-electron chi connectivity index (χ4n) is 2.38. The van der Waals surface area contributed by atoms with E-state index in [1.807, 2.05) is 6.92 Å². The first-order valence-electron chi connectivity index (χ1n) is 6.59. The van der Waals surface area contributed by atoms with E-state index in [0.717, 1.165) is 26.1 Å². The van der Waals surface area contributed by atoms with Crippen molar-refractivity contribution in [2.75, 3.05) is 19.6 Å². The van der Waals surface area contributed by atoms with Gasteiger partial charge < -0.3 is 10.2 Å². The van der Waals surface area contributed by atoms with Gasteiger partial charge in [0.05, 0.1) is 0 Å². The van der Waals surface area contributed by atoms with E-state index < -0.39 is 0 Å². The maximum absolute atomic E-state index is 12.2. The minimum absolute atomic E-state index is 0.104. The summed E-state index contributed by atoms with van der Waals surface area (Å²) in [5.74, 6) is 1.07. The van der Waals surface area contributed by atoms with Gasteiger partial charge in [-0.05, 0) is 32.2 Å². The molecule has 0 bridgehead atoms. The molecule has 3 unspecified atom stereocenters. The Labute approximate surface area is 99.6 Å². The lowest BCUT2D eigenvalue weighted by molar-refractivity contribution is -0.139. The van der Waals surface area contributed by atoms with Gasteiger partial charge in [0.1, 0.15) is 0 Å². The van der Waals surface area contributed by atoms with Gasteiger partial charge >= 0.3 is 0 Å². The third kappa shape index (κ3) is 3.21. The van der Waals surface area contributed by atoms with Crippen molar-refractivity contribution in [3.63, 3.8) is 0 Å². The van der Waals surface area contributed by atoms with E-state index in [0.29, 0.717) is 17.9 Å². The molecule has 1 rings (SSSR count). The van der Waals surface area contributed by atoms with E-state index in [9.17, 15) is 4.79 Å². The van der Waals surface area contributed by atoms with E-state index in [1.54, 1.807) is 0 Å². The van der Waals surface area contributed by atoms with Gasteiger partial charge in [0.2, 0.25) is 5.91 Å². The number of hydrogen-bond acceptors (Lipinski definition) is 2. The molecule has 0 aromatic carbocycles. The Morgan fingerprint density at radius 3 is 2.81 bits per heavy atom. The van der Waals surface area contributed by atoms with Gasteiger partial charge in [-0.2, -0.15) is 0 Å². The first-order valence-corrected chi connectivity index (χ1v) is 6.59. The number of amides is 1. The zero-order valence-electron chi connectivity index (χ0n) is 11.1. The monoisotopic (exact) mass is 226 g/mol. The standard InChI is InChI=1S/C13H26N2O/c1-5-14-9-11(3)13(16)15-8-6-7-10(2)12(15)4/h10-12,14H,5-9H2,1-4H3. The fourth-order valence-corrected chi connectivity index (χ4v) is 2.38. The van der Waals surface area contributed by atoms with Crippen LogP contribution in [-0.2, 0) is 4.79 Å². The van der Waals surface area contributed by atoms with Crippen LogP contribution in [0.3, 0.4) is 0 Å². The summed E-state index contributed by atoms with van der Waals surface area (Å²) < 4.78 is 0. The quantitative estimate of drug-likeness (QED) is 0.794. The molecule has 1 heterocycles. The van der Waals surface area contributed by atoms with E-state index in [-0.39, 0.29) is 5.92 Å². The molecule has 0 radical (unpaired) electrons. The van der Waals surface area contributed by atoms with Crippen LogP contribution in [-0.4, -0.2) is 36.5 Å². The molecule has 1 saturated heterocycles. The second-order valence-electron chi connectivity index (χ2n) is 5.10. The third-order valence-electron chi connectivity index (χ3n) is 3.78. The first-order chi connectivity index (χ1) is 7.57. The van der Waals surface area contributed by atoms with Crippen LogP contribution in [0.2, 0.25) is 0 Å². The summed E-state index contributed by atoms with van der Waals surface area (Å²) in [6.07, 6.45) is 2.41. The number of piperidine rings is 1. The Morgan fingerprint density at radius 1 is 1.50 bits per heavy atom. The summed E-state index contributed by atoms with van der Waals surface area (Å²) in [5, 5.41) is 3.25. The molecule has 0 saturated carbocycles. The molecule has 1 aliphatic rings. The number of likely N-dealkylation sites (tertiary alicyclic amines) is 1. The maximum Gasteiger partial charge on any atom is 0.226 e. The molecule has 94 valence electrons. The number of nitrogens with one attached hydrogen (secondary N) is 1. The summed E-state index contributed by atoms with van der Waals surface area (Å²) >= 11 is 0. The first kappa shape index (κ1) is 13.5. The van der Waals surface area contributed by atoms with Crippen molar-refractivity contribution < 1.29 is 4.79 Å². The molecule has 0 aliphatic carbocycles. The molecule has 16 heavy (non-hydrogen) atoms. The number of nitrogens with zero attached hydrogens (tertiary/aromatic N) is 1. The third-order valence-corrected chi connectivity index (χ3v) is 3.78. The van der Waals surface area contributed by atoms with Crippen LogP contribution in [0.1, 0.15) is 40.5 Å². The smallest absolute Gasteiger partial charge is 0.226 e. The minimum Gasteiger partial charge on any atom is -0.339 e.